The molecule has 1 saturated carbocycles. The minimum absolute atomic E-state index is 0. The van der Waals surface area contributed by atoms with Crippen LogP contribution in [-0.2, 0) is 0 Å². The average Bonchev–Trinajstić information content (AvgIpc) is 2.96. The summed E-state index contributed by atoms with van der Waals surface area (Å²) in [7, 11) is 1.72. The van der Waals surface area contributed by atoms with Crippen LogP contribution in [0.5, 0.6) is 5.75 Å². The van der Waals surface area contributed by atoms with Gasteiger partial charge in [-0.3, -0.25) is 0 Å². The van der Waals surface area contributed by atoms with Crippen LogP contribution in [0, 0.1) is 5.92 Å². The smallest absolute Gasteiger partial charge is 0.122 e. The summed E-state index contributed by atoms with van der Waals surface area (Å²) in [5, 5.41) is 0. The average molecular weight is 214 g/mol. The van der Waals surface area contributed by atoms with Gasteiger partial charge in [-0.05, 0) is 36.4 Å². The van der Waals surface area contributed by atoms with Crippen molar-refractivity contribution >= 4 is 12.4 Å². The Morgan fingerprint density at radius 2 is 2.14 bits per heavy atom. The molecule has 1 fully saturated rings. The number of para-hydroxylation sites is 1. The molecule has 2 nitrogen and oxygen atoms in total. The van der Waals surface area contributed by atoms with Gasteiger partial charge < -0.3 is 10.5 Å². The molecule has 0 aromatic heterocycles. The number of methoxy groups -OCH3 is 1. The van der Waals surface area contributed by atoms with E-state index < -0.39 is 0 Å². The van der Waals surface area contributed by atoms with Crippen molar-refractivity contribution in [2.75, 3.05) is 13.7 Å². The molecule has 0 saturated heterocycles. The highest BCUT2D eigenvalue weighted by molar-refractivity contribution is 5.85. The lowest BCUT2D eigenvalue weighted by atomic mass is 10.1. The van der Waals surface area contributed by atoms with E-state index in [-0.39, 0.29) is 12.4 Å². The quantitative estimate of drug-likeness (QED) is 0.836. The molecule has 0 bridgehead atoms. The van der Waals surface area contributed by atoms with Gasteiger partial charge >= 0.3 is 0 Å². The summed E-state index contributed by atoms with van der Waals surface area (Å²) in [4.78, 5) is 0. The summed E-state index contributed by atoms with van der Waals surface area (Å²) in [6.07, 6.45) is 1.22. The van der Waals surface area contributed by atoms with Gasteiger partial charge in [-0.25, -0.2) is 0 Å². The third-order valence-corrected chi connectivity index (χ3v) is 2.76. The number of rotatable bonds is 3. The van der Waals surface area contributed by atoms with Crippen LogP contribution in [0.15, 0.2) is 24.3 Å². The largest absolute Gasteiger partial charge is 0.496 e. The van der Waals surface area contributed by atoms with Gasteiger partial charge in [0.1, 0.15) is 5.75 Å². The molecule has 1 aromatic carbocycles. The fraction of sp³-hybridized carbons (Fsp3) is 0.455. The van der Waals surface area contributed by atoms with Gasteiger partial charge in [0, 0.05) is 0 Å². The summed E-state index contributed by atoms with van der Waals surface area (Å²) in [6, 6.07) is 8.21. The summed E-state index contributed by atoms with van der Waals surface area (Å²) in [6.45, 7) is 0.794. The van der Waals surface area contributed by atoms with Gasteiger partial charge in [0.25, 0.3) is 0 Å². The Morgan fingerprint density at radius 3 is 2.71 bits per heavy atom. The Labute approximate surface area is 90.9 Å². The van der Waals surface area contributed by atoms with Crippen molar-refractivity contribution in [3.05, 3.63) is 29.8 Å². The Kier molecular flexibility index (Phi) is 3.78. The summed E-state index contributed by atoms with van der Waals surface area (Å²) >= 11 is 0. The molecule has 0 amide bonds. The molecule has 2 rings (SSSR count). The second-order valence-electron chi connectivity index (χ2n) is 3.58. The third-order valence-electron chi connectivity index (χ3n) is 2.76. The highest BCUT2D eigenvalue weighted by Crippen LogP contribution is 2.49. The number of nitrogens with two attached hydrogens (primary N) is 1. The van der Waals surface area contributed by atoms with Crippen LogP contribution < -0.4 is 10.5 Å². The molecule has 0 unspecified atom stereocenters. The SMILES string of the molecule is COc1ccccc1[C@H]1C[C@@H]1CN.Cl. The van der Waals surface area contributed by atoms with E-state index >= 15 is 0 Å². The standard InChI is InChI=1S/C11H15NO.ClH/c1-13-11-5-3-2-4-9(11)10-6-8(10)7-12;/h2-5,8,10H,6-7,12H2,1H3;1H/t8-,10+;/m1./s1. The lowest BCUT2D eigenvalue weighted by Crippen LogP contribution is -2.02. The van der Waals surface area contributed by atoms with E-state index in [4.69, 9.17) is 10.5 Å². The Bertz CT molecular complexity index is 303. The zero-order chi connectivity index (χ0) is 9.26. The molecule has 1 aliphatic rings. The molecular formula is C11H16ClNO. The molecule has 1 aromatic rings. The van der Waals surface area contributed by atoms with Crippen LogP contribution in [0.4, 0.5) is 0 Å². The van der Waals surface area contributed by atoms with Gasteiger partial charge in [0.05, 0.1) is 7.11 Å². The lowest BCUT2D eigenvalue weighted by molar-refractivity contribution is 0.409. The van der Waals surface area contributed by atoms with E-state index in [1.807, 2.05) is 12.1 Å². The van der Waals surface area contributed by atoms with Crippen molar-refractivity contribution in [1.29, 1.82) is 0 Å². The van der Waals surface area contributed by atoms with Crippen LogP contribution in [0.2, 0.25) is 0 Å². The zero-order valence-corrected chi connectivity index (χ0v) is 9.09. The lowest BCUT2D eigenvalue weighted by Gasteiger charge is -2.06. The van der Waals surface area contributed by atoms with Crippen molar-refractivity contribution in [2.45, 2.75) is 12.3 Å². The molecule has 0 radical (unpaired) electrons. The molecular weight excluding hydrogens is 198 g/mol. The molecule has 78 valence electrons. The van der Waals surface area contributed by atoms with Crippen LogP contribution >= 0.6 is 12.4 Å². The van der Waals surface area contributed by atoms with E-state index in [0.717, 1.165) is 12.3 Å². The first kappa shape index (κ1) is 11.3. The molecule has 1 aliphatic carbocycles. The summed E-state index contributed by atoms with van der Waals surface area (Å²) in [5.41, 5.74) is 6.93. The second-order valence-corrected chi connectivity index (χ2v) is 3.58. The van der Waals surface area contributed by atoms with Crippen LogP contribution in [0.25, 0.3) is 0 Å². The van der Waals surface area contributed by atoms with E-state index in [1.54, 1.807) is 7.11 Å². The van der Waals surface area contributed by atoms with E-state index in [2.05, 4.69) is 12.1 Å². The van der Waals surface area contributed by atoms with Crippen LogP contribution in [-0.4, -0.2) is 13.7 Å². The summed E-state index contributed by atoms with van der Waals surface area (Å²) in [5.74, 6) is 2.32. The fourth-order valence-corrected chi connectivity index (χ4v) is 1.86. The highest BCUT2D eigenvalue weighted by Gasteiger charge is 2.38. The van der Waals surface area contributed by atoms with Gasteiger partial charge in [-0.2, -0.15) is 0 Å². The first-order valence-electron chi connectivity index (χ1n) is 4.69. The predicted octanol–water partition coefficient (Wildman–Crippen LogP) is 2.18. The Balaban J connectivity index is 0.000000980. The summed E-state index contributed by atoms with van der Waals surface area (Å²) < 4.78 is 5.30. The Morgan fingerprint density at radius 1 is 1.43 bits per heavy atom. The predicted molar refractivity (Wildman–Crippen MR) is 60.1 cm³/mol. The number of ether oxygens (including phenoxy) is 1. The maximum absolute atomic E-state index is 5.61. The highest BCUT2D eigenvalue weighted by atomic mass is 35.5. The topological polar surface area (TPSA) is 35.2 Å². The zero-order valence-electron chi connectivity index (χ0n) is 8.27. The molecule has 2 atom stereocenters. The number of halogens is 1. The van der Waals surface area contributed by atoms with Crippen molar-refractivity contribution in [3.8, 4) is 5.75 Å². The first-order chi connectivity index (χ1) is 6.36. The van der Waals surface area contributed by atoms with Crippen molar-refractivity contribution in [3.63, 3.8) is 0 Å². The molecule has 14 heavy (non-hydrogen) atoms. The third kappa shape index (κ3) is 2.02. The van der Waals surface area contributed by atoms with Crippen molar-refractivity contribution < 1.29 is 4.74 Å². The minimum atomic E-state index is 0. The van der Waals surface area contributed by atoms with Gasteiger partial charge in [-0.15, -0.1) is 12.4 Å². The maximum Gasteiger partial charge on any atom is 0.122 e. The first-order valence-corrected chi connectivity index (χ1v) is 4.69. The van der Waals surface area contributed by atoms with Crippen molar-refractivity contribution in [1.82, 2.24) is 0 Å². The monoisotopic (exact) mass is 213 g/mol. The molecule has 0 spiro atoms. The van der Waals surface area contributed by atoms with E-state index in [0.29, 0.717) is 11.8 Å². The molecule has 0 heterocycles. The Hall–Kier alpha value is -0.730. The number of hydrogen-bond acceptors (Lipinski definition) is 2. The molecule has 0 aliphatic heterocycles. The van der Waals surface area contributed by atoms with Gasteiger partial charge in [-0.1, -0.05) is 18.2 Å². The van der Waals surface area contributed by atoms with Crippen LogP contribution in [0.1, 0.15) is 17.9 Å². The van der Waals surface area contributed by atoms with E-state index in [1.165, 1.54) is 12.0 Å². The molecule has 2 N–H and O–H groups in total. The van der Waals surface area contributed by atoms with E-state index in [9.17, 15) is 0 Å². The fourth-order valence-electron chi connectivity index (χ4n) is 1.86. The minimum Gasteiger partial charge on any atom is -0.496 e. The van der Waals surface area contributed by atoms with Gasteiger partial charge in [0.15, 0.2) is 0 Å². The molecule has 3 heteroatoms. The normalized spacial score (nSPS) is 23.9. The number of hydrogen-bond donors (Lipinski definition) is 1. The van der Waals surface area contributed by atoms with Crippen molar-refractivity contribution in [2.24, 2.45) is 11.7 Å². The number of benzene rings is 1. The maximum atomic E-state index is 5.61. The second kappa shape index (κ2) is 4.67. The van der Waals surface area contributed by atoms with Crippen LogP contribution in [0.3, 0.4) is 0 Å². The van der Waals surface area contributed by atoms with Gasteiger partial charge in [0.2, 0.25) is 0 Å².